The molecule has 5 nitrogen and oxygen atoms in total. The fraction of sp³-hybridized carbons (Fsp3) is 0.316. The summed E-state index contributed by atoms with van der Waals surface area (Å²) in [5.74, 6) is 0. The maximum absolute atomic E-state index is 9.80. The van der Waals surface area contributed by atoms with Gasteiger partial charge in [-0.05, 0) is 33.5 Å². The van der Waals surface area contributed by atoms with Gasteiger partial charge in [0.15, 0.2) is 20.1 Å². The van der Waals surface area contributed by atoms with E-state index in [2.05, 4.69) is 67.0 Å². The number of aromatic nitrogens is 3. The summed E-state index contributed by atoms with van der Waals surface area (Å²) in [6, 6.07) is 12.4. The van der Waals surface area contributed by atoms with Gasteiger partial charge in [-0.15, -0.1) is 0 Å². The van der Waals surface area contributed by atoms with Crippen LogP contribution in [0.2, 0.25) is 19.6 Å². The van der Waals surface area contributed by atoms with Crippen LogP contribution in [0.5, 0.6) is 0 Å². The second kappa shape index (κ2) is 6.43. The van der Waals surface area contributed by atoms with Gasteiger partial charge in [-0.1, -0.05) is 29.8 Å². The van der Waals surface area contributed by atoms with Crippen LogP contribution in [0.15, 0.2) is 36.5 Å². The summed E-state index contributed by atoms with van der Waals surface area (Å²) >= 11 is 0. The molecule has 3 rings (SSSR count). The Morgan fingerprint density at radius 3 is 2.40 bits per heavy atom. The Kier molecular flexibility index (Phi) is 4.46. The Morgan fingerprint density at radius 2 is 1.80 bits per heavy atom. The van der Waals surface area contributed by atoms with Crippen LogP contribution >= 0.6 is 0 Å². The summed E-state index contributed by atoms with van der Waals surface area (Å²) in [7, 11) is -1.91. The maximum atomic E-state index is 9.80. The first-order valence-corrected chi connectivity index (χ1v) is 11.7. The Balaban J connectivity index is 2.30. The first-order valence-electron chi connectivity index (χ1n) is 8.29. The molecule has 0 radical (unpaired) electrons. The predicted octanol–water partition coefficient (Wildman–Crippen LogP) is 4.43. The number of nitrogens with zero attached hydrogens (tertiary/aromatic N) is 4. The number of nitriles is 1. The summed E-state index contributed by atoms with van der Waals surface area (Å²) in [5.41, 5.74) is 5.42. The lowest BCUT2D eigenvalue weighted by Crippen LogP contribution is -2.28. The van der Waals surface area contributed by atoms with E-state index in [1.807, 2.05) is 13.0 Å². The summed E-state index contributed by atoms with van der Waals surface area (Å²) in [5, 5.41) is 14.2. The van der Waals surface area contributed by atoms with Crippen LogP contribution in [0.4, 0.5) is 0 Å². The molecular weight excluding hydrogens is 328 g/mol. The van der Waals surface area contributed by atoms with E-state index in [0.717, 1.165) is 28.2 Å². The number of rotatable bonds is 4. The number of benzene rings is 1. The minimum atomic E-state index is -1.91. The van der Waals surface area contributed by atoms with Crippen LogP contribution in [0.25, 0.3) is 16.9 Å². The third kappa shape index (κ3) is 3.48. The summed E-state index contributed by atoms with van der Waals surface area (Å²) in [6.07, 6.45) is 1.06. The Morgan fingerprint density at radius 1 is 1.12 bits per heavy atom. The van der Waals surface area contributed by atoms with Crippen molar-refractivity contribution < 1.29 is 4.43 Å². The van der Waals surface area contributed by atoms with Gasteiger partial charge in [0, 0.05) is 22.9 Å². The first-order chi connectivity index (χ1) is 11.8. The van der Waals surface area contributed by atoms with E-state index in [1.165, 1.54) is 5.56 Å². The largest absolute Gasteiger partial charge is 0.399 e. The molecule has 6 heteroatoms. The number of hydrogen-bond acceptors (Lipinski definition) is 4. The molecule has 0 bridgehead atoms. The minimum Gasteiger partial charge on any atom is -0.399 e. The summed E-state index contributed by atoms with van der Waals surface area (Å²) < 4.78 is 7.96. The molecule has 0 amide bonds. The van der Waals surface area contributed by atoms with Gasteiger partial charge in [0.25, 0.3) is 0 Å². The van der Waals surface area contributed by atoms with Crippen LogP contribution in [0, 0.1) is 25.2 Å². The van der Waals surface area contributed by atoms with Gasteiger partial charge in [-0.3, -0.25) is 0 Å². The fourth-order valence-electron chi connectivity index (χ4n) is 2.88. The van der Waals surface area contributed by atoms with E-state index in [9.17, 15) is 5.26 Å². The molecule has 0 spiro atoms. The van der Waals surface area contributed by atoms with E-state index >= 15 is 0 Å². The standard InChI is InChI=1S/C19H22N4OSi/c1-13-6-8-15(9-7-13)19-18(16(12-20)24-25(3,4)5)14(2)22-17-10-11-21-23(17)19/h6-11,16H,1-5H3. The highest BCUT2D eigenvalue weighted by atomic mass is 28.4. The molecular formula is C19H22N4OSi. The minimum absolute atomic E-state index is 0.663. The van der Waals surface area contributed by atoms with Crippen LogP contribution < -0.4 is 0 Å². The molecule has 1 aromatic carbocycles. The highest BCUT2D eigenvalue weighted by Crippen LogP contribution is 2.34. The number of hydrogen-bond donors (Lipinski definition) is 0. The Hall–Kier alpha value is -2.49. The van der Waals surface area contributed by atoms with Crippen molar-refractivity contribution in [1.29, 1.82) is 5.26 Å². The van der Waals surface area contributed by atoms with E-state index in [0.29, 0.717) is 0 Å². The van der Waals surface area contributed by atoms with Gasteiger partial charge < -0.3 is 4.43 Å². The molecule has 0 saturated heterocycles. The molecule has 0 aliphatic heterocycles. The molecule has 0 aliphatic carbocycles. The normalized spacial score (nSPS) is 13.0. The van der Waals surface area contributed by atoms with Crippen molar-refractivity contribution >= 4 is 14.0 Å². The van der Waals surface area contributed by atoms with Crippen LogP contribution in [-0.2, 0) is 4.43 Å². The lowest BCUT2D eigenvalue weighted by Gasteiger charge is -2.25. The van der Waals surface area contributed by atoms with Crippen LogP contribution in [-0.4, -0.2) is 22.9 Å². The fourth-order valence-corrected chi connectivity index (χ4v) is 3.75. The molecule has 128 valence electrons. The predicted molar refractivity (Wildman–Crippen MR) is 101 cm³/mol. The van der Waals surface area contributed by atoms with Crippen molar-refractivity contribution in [2.45, 2.75) is 39.6 Å². The van der Waals surface area contributed by atoms with Crippen molar-refractivity contribution in [3.8, 4) is 17.3 Å². The van der Waals surface area contributed by atoms with Crippen molar-refractivity contribution in [1.82, 2.24) is 14.6 Å². The van der Waals surface area contributed by atoms with Crippen molar-refractivity contribution in [2.24, 2.45) is 0 Å². The first kappa shape index (κ1) is 17.3. The molecule has 25 heavy (non-hydrogen) atoms. The van der Waals surface area contributed by atoms with Crippen LogP contribution in [0.1, 0.15) is 22.9 Å². The van der Waals surface area contributed by atoms with Gasteiger partial charge in [0.2, 0.25) is 0 Å². The van der Waals surface area contributed by atoms with E-state index in [-0.39, 0.29) is 0 Å². The monoisotopic (exact) mass is 350 g/mol. The molecule has 2 aromatic heterocycles. The molecule has 0 N–H and O–H groups in total. The van der Waals surface area contributed by atoms with Crippen LogP contribution in [0.3, 0.4) is 0 Å². The highest BCUT2D eigenvalue weighted by Gasteiger charge is 2.28. The molecule has 1 unspecified atom stereocenters. The molecule has 0 saturated carbocycles. The number of aryl methyl sites for hydroxylation is 2. The molecule has 0 aliphatic rings. The average molecular weight is 350 g/mol. The van der Waals surface area contributed by atoms with Gasteiger partial charge in [0.05, 0.1) is 18.0 Å². The van der Waals surface area contributed by atoms with Crippen molar-refractivity contribution in [3.63, 3.8) is 0 Å². The lowest BCUT2D eigenvalue weighted by atomic mass is 10.00. The van der Waals surface area contributed by atoms with Crippen molar-refractivity contribution in [2.75, 3.05) is 0 Å². The van der Waals surface area contributed by atoms with Gasteiger partial charge >= 0.3 is 0 Å². The van der Waals surface area contributed by atoms with E-state index in [1.54, 1.807) is 10.7 Å². The quantitative estimate of drug-likeness (QED) is 0.653. The van der Waals surface area contributed by atoms with Gasteiger partial charge in [0.1, 0.15) is 0 Å². The van der Waals surface area contributed by atoms with Gasteiger partial charge in [-0.25, -0.2) is 9.50 Å². The lowest BCUT2D eigenvalue weighted by molar-refractivity contribution is 0.253. The van der Waals surface area contributed by atoms with E-state index in [4.69, 9.17) is 4.43 Å². The topological polar surface area (TPSA) is 63.2 Å². The average Bonchev–Trinajstić information content (AvgIpc) is 2.99. The molecule has 1 atom stereocenters. The third-order valence-corrected chi connectivity index (χ3v) is 4.88. The Labute approximate surface area is 149 Å². The third-order valence-electron chi connectivity index (χ3n) is 3.94. The van der Waals surface area contributed by atoms with Crippen molar-refractivity contribution in [3.05, 3.63) is 53.3 Å². The number of fused-ring (bicyclic) bond motifs is 1. The Bertz CT molecular complexity index is 948. The van der Waals surface area contributed by atoms with E-state index < -0.39 is 14.4 Å². The maximum Gasteiger partial charge on any atom is 0.186 e. The zero-order valence-corrected chi connectivity index (χ0v) is 16.2. The smallest absolute Gasteiger partial charge is 0.186 e. The zero-order valence-electron chi connectivity index (χ0n) is 15.2. The SMILES string of the molecule is Cc1ccc(-c2c(C(C#N)O[Si](C)(C)C)c(C)nc3ccnn23)cc1. The second-order valence-electron chi connectivity index (χ2n) is 7.17. The molecule has 0 fully saturated rings. The highest BCUT2D eigenvalue weighted by molar-refractivity contribution is 6.69. The zero-order chi connectivity index (χ0) is 18.2. The summed E-state index contributed by atoms with van der Waals surface area (Å²) in [6.45, 7) is 10.2. The van der Waals surface area contributed by atoms with Gasteiger partial charge in [-0.2, -0.15) is 10.4 Å². The molecule has 3 aromatic rings. The molecule has 2 heterocycles. The summed E-state index contributed by atoms with van der Waals surface area (Å²) in [4.78, 5) is 4.62. The second-order valence-corrected chi connectivity index (χ2v) is 11.6.